The fourth-order valence-electron chi connectivity index (χ4n) is 2.34. The summed E-state index contributed by atoms with van der Waals surface area (Å²) >= 11 is 1.18. The Morgan fingerprint density at radius 3 is 2.50 bits per heavy atom. The van der Waals surface area contributed by atoms with Gasteiger partial charge < -0.3 is 9.73 Å². The minimum Gasteiger partial charge on any atom is -0.458 e. The van der Waals surface area contributed by atoms with E-state index < -0.39 is 10.3 Å². The maximum atomic E-state index is 11.8. The first-order chi connectivity index (χ1) is 12.3. The Morgan fingerprint density at radius 2 is 1.92 bits per heavy atom. The van der Waals surface area contributed by atoms with E-state index in [1.54, 1.807) is 24.3 Å². The fraction of sp³-hybridized carbons (Fsp3) is 0.188. The van der Waals surface area contributed by atoms with E-state index in [9.17, 15) is 19.7 Å². The molecule has 10 heteroatoms. The van der Waals surface area contributed by atoms with Gasteiger partial charge >= 0.3 is 0 Å². The molecule has 0 aliphatic carbocycles. The molecule has 0 spiro atoms. The van der Waals surface area contributed by atoms with E-state index in [1.807, 2.05) is 0 Å². The van der Waals surface area contributed by atoms with Crippen LogP contribution in [0.5, 0.6) is 0 Å². The predicted molar refractivity (Wildman–Crippen MR) is 94.9 cm³/mol. The Kier molecular flexibility index (Phi) is 4.76. The third-order valence-corrected chi connectivity index (χ3v) is 4.54. The van der Waals surface area contributed by atoms with Crippen LogP contribution in [0.4, 0.5) is 5.69 Å². The Morgan fingerprint density at radius 1 is 1.23 bits per heavy atom. The first-order valence-electron chi connectivity index (χ1n) is 7.52. The van der Waals surface area contributed by atoms with E-state index in [0.29, 0.717) is 22.3 Å². The number of hydrazone groups is 1. The zero-order valence-corrected chi connectivity index (χ0v) is 14.6. The highest BCUT2D eigenvalue weighted by Gasteiger charge is 2.34. The van der Waals surface area contributed by atoms with Crippen LogP contribution in [0.15, 0.2) is 45.9 Å². The van der Waals surface area contributed by atoms with Gasteiger partial charge in [-0.25, -0.2) is 5.01 Å². The lowest BCUT2D eigenvalue weighted by Gasteiger charge is -2.16. The second-order valence-corrected chi connectivity index (χ2v) is 6.50. The molecule has 0 unspecified atom stereocenters. The van der Waals surface area contributed by atoms with E-state index in [0.717, 1.165) is 0 Å². The van der Waals surface area contributed by atoms with Crippen molar-refractivity contribution in [3.05, 3.63) is 52.3 Å². The highest BCUT2D eigenvalue weighted by molar-refractivity contribution is 8.14. The van der Waals surface area contributed by atoms with Gasteiger partial charge in [-0.05, 0) is 24.3 Å². The molecular weight excluding hydrogens is 360 g/mol. The summed E-state index contributed by atoms with van der Waals surface area (Å²) in [7, 11) is 0. The van der Waals surface area contributed by atoms with Gasteiger partial charge in [-0.15, -0.1) is 5.10 Å². The van der Waals surface area contributed by atoms with Gasteiger partial charge in [0.15, 0.2) is 10.5 Å². The minimum atomic E-state index is -0.541. The van der Waals surface area contributed by atoms with Crippen molar-refractivity contribution in [2.75, 3.05) is 0 Å². The van der Waals surface area contributed by atoms with Gasteiger partial charge in [0.05, 0.1) is 4.92 Å². The van der Waals surface area contributed by atoms with Crippen molar-refractivity contribution >= 4 is 34.4 Å². The molecule has 2 amide bonds. The fourth-order valence-corrected chi connectivity index (χ4v) is 3.42. The average Bonchev–Trinajstić information content (AvgIpc) is 3.21. The third-order valence-electron chi connectivity index (χ3n) is 3.48. The lowest BCUT2D eigenvalue weighted by molar-refractivity contribution is -0.384. The van der Waals surface area contributed by atoms with Crippen LogP contribution in [0.2, 0.25) is 0 Å². The molecule has 1 aromatic carbocycles. The second-order valence-electron chi connectivity index (χ2n) is 5.43. The van der Waals surface area contributed by atoms with Crippen molar-refractivity contribution in [1.29, 1.82) is 0 Å². The molecule has 1 N–H and O–H groups in total. The predicted octanol–water partition coefficient (Wildman–Crippen LogP) is 2.86. The largest absolute Gasteiger partial charge is 0.458 e. The summed E-state index contributed by atoms with van der Waals surface area (Å²) in [5, 5.41) is 18.4. The SMILES string of the molecule is CC(=O)NC1=NN(C(C)=O)[C@@H](c2ccc(-c3ccc([N+](=O)[O-])cc3)o2)S1. The summed E-state index contributed by atoms with van der Waals surface area (Å²) in [6.07, 6.45) is 0. The quantitative estimate of drug-likeness (QED) is 0.652. The molecule has 2 aromatic rings. The van der Waals surface area contributed by atoms with Crippen molar-refractivity contribution in [2.24, 2.45) is 5.10 Å². The van der Waals surface area contributed by atoms with Gasteiger partial charge in [0.25, 0.3) is 5.69 Å². The number of carbonyl (C=O) groups excluding carboxylic acids is 2. The minimum absolute atomic E-state index is 0.0111. The molecule has 0 radical (unpaired) electrons. The highest BCUT2D eigenvalue weighted by atomic mass is 32.2. The summed E-state index contributed by atoms with van der Waals surface area (Å²) in [6.45, 7) is 2.72. The lowest BCUT2D eigenvalue weighted by atomic mass is 10.1. The maximum absolute atomic E-state index is 11.8. The number of carbonyl (C=O) groups is 2. The van der Waals surface area contributed by atoms with Gasteiger partial charge in [-0.1, -0.05) is 11.8 Å². The maximum Gasteiger partial charge on any atom is 0.269 e. The summed E-state index contributed by atoms with van der Waals surface area (Å²) in [4.78, 5) is 33.3. The van der Waals surface area contributed by atoms with E-state index >= 15 is 0 Å². The summed E-state index contributed by atoms with van der Waals surface area (Å²) in [5.74, 6) is 0.400. The van der Waals surface area contributed by atoms with E-state index in [-0.39, 0.29) is 17.5 Å². The van der Waals surface area contributed by atoms with Crippen LogP contribution in [0.3, 0.4) is 0 Å². The number of nitrogens with zero attached hydrogens (tertiary/aromatic N) is 3. The lowest BCUT2D eigenvalue weighted by Crippen LogP contribution is -2.25. The molecule has 2 heterocycles. The summed E-state index contributed by atoms with van der Waals surface area (Å²) < 4.78 is 5.82. The van der Waals surface area contributed by atoms with Crippen LogP contribution in [0.1, 0.15) is 25.0 Å². The standard InChI is InChI=1S/C16H14N4O5S/c1-9(21)17-16-18-19(10(2)22)15(26-16)14-8-7-13(25-14)11-3-5-12(6-4-11)20(23)24/h3-8,15H,1-2H3,(H,17,18,21)/t15-/m1/s1. The van der Waals surface area contributed by atoms with Crippen molar-refractivity contribution in [3.8, 4) is 11.3 Å². The Hall–Kier alpha value is -3.14. The van der Waals surface area contributed by atoms with Crippen LogP contribution < -0.4 is 5.32 Å². The normalized spacial score (nSPS) is 16.3. The Bertz CT molecular complexity index is 906. The number of nitro groups is 1. The number of furan rings is 1. The Labute approximate surface area is 152 Å². The number of hydrogen-bond donors (Lipinski definition) is 1. The highest BCUT2D eigenvalue weighted by Crippen LogP contribution is 2.40. The first kappa shape index (κ1) is 17.7. The van der Waals surface area contributed by atoms with Gasteiger partial charge in [0.1, 0.15) is 11.5 Å². The van der Waals surface area contributed by atoms with E-state index in [1.165, 1.54) is 42.8 Å². The van der Waals surface area contributed by atoms with Crippen molar-refractivity contribution in [3.63, 3.8) is 0 Å². The molecule has 0 fully saturated rings. The van der Waals surface area contributed by atoms with Crippen LogP contribution in [0.25, 0.3) is 11.3 Å². The third kappa shape index (κ3) is 3.59. The first-order valence-corrected chi connectivity index (χ1v) is 8.40. The summed E-state index contributed by atoms with van der Waals surface area (Å²) in [6, 6.07) is 9.38. The number of hydrogen-bond acceptors (Lipinski definition) is 7. The number of nitrogens with one attached hydrogen (secondary N) is 1. The second kappa shape index (κ2) is 7.00. The zero-order valence-electron chi connectivity index (χ0n) is 13.8. The van der Waals surface area contributed by atoms with E-state index in [4.69, 9.17) is 4.42 Å². The number of nitro benzene ring substituents is 1. The molecule has 3 rings (SSSR count). The molecular formula is C16H14N4O5S. The van der Waals surface area contributed by atoms with Crippen LogP contribution in [-0.2, 0) is 9.59 Å². The van der Waals surface area contributed by atoms with Crippen LogP contribution in [0, 0.1) is 10.1 Å². The molecule has 1 aliphatic rings. The molecule has 9 nitrogen and oxygen atoms in total. The van der Waals surface area contributed by atoms with Gasteiger partial charge in [0, 0.05) is 31.5 Å². The number of amides is 2. The molecule has 0 saturated heterocycles. The molecule has 0 saturated carbocycles. The number of non-ortho nitro benzene ring substituents is 1. The number of rotatable bonds is 3. The number of benzene rings is 1. The molecule has 0 bridgehead atoms. The van der Waals surface area contributed by atoms with Crippen molar-refractivity contribution in [1.82, 2.24) is 10.3 Å². The van der Waals surface area contributed by atoms with E-state index in [2.05, 4.69) is 10.4 Å². The smallest absolute Gasteiger partial charge is 0.269 e. The van der Waals surface area contributed by atoms with Gasteiger partial charge in [-0.2, -0.15) is 0 Å². The topological polar surface area (TPSA) is 118 Å². The monoisotopic (exact) mass is 374 g/mol. The Balaban J connectivity index is 1.83. The summed E-state index contributed by atoms with van der Waals surface area (Å²) in [5.41, 5.74) is 0.658. The number of thioether (sulfide) groups is 1. The van der Waals surface area contributed by atoms with Gasteiger partial charge in [0.2, 0.25) is 11.8 Å². The molecule has 134 valence electrons. The number of amidine groups is 1. The average molecular weight is 374 g/mol. The van der Waals surface area contributed by atoms with Gasteiger partial charge in [-0.3, -0.25) is 19.7 Å². The molecule has 26 heavy (non-hydrogen) atoms. The van der Waals surface area contributed by atoms with Crippen LogP contribution >= 0.6 is 11.8 Å². The van der Waals surface area contributed by atoms with Crippen LogP contribution in [-0.4, -0.2) is 26.9 Å². The molecule has 1 aliphatic heterocycles. The molecule has 1 atom stereocenters. The van der Waals surface area contributed by atoms with Crippen molar-refractivity contribution in [2.45, 2.75) is 19.2 Å². The van der Waals surface area contributed by atoms with Crippen molar-refractivity contribution < 1.29 is 18.9 Å². The zero-order chi connectivity index (χ0) is 18.8. The molecule has 1 aromatic heterocycles.